The number of carbonyl (C=O) groups excluding carboxylic acids is 2. The number of aromatic nitrogens is 3. The van der Waals surface area contributed by atoms with Gasteiger partial charge in [0.1, 0.15) is 5.56 Å². The van der Waals surface area contributed by atoms with Gasteiger partial charge in [0.05, 0.1) is 5.69 Å². The average Bonchev–Trinajstić information content (AvgIpc) is 3.51. The molecule has 2 aliphatic carbocycles. The number of nitrogens with zero attached hydrogens (tertiary/aromatic N) is 4. The zero-order chi connectivity index (χ0) is 26.1. The van der Waals surface area contributed by atoms with E-state index in [0.717, 1.165) is 54.5 Å². The number of benzene rings is 1. The van der Waals surface area contributed by atoms with Gasteiger partial charge in [-0.05, 0) is 74.8 Å². The first-order chi connectivity index (χ1) is 17.9. The molecule has 2 fully saturated rings. The molecule has 37 heavy (non-hydrogen) atoms. The highest BCUT2D eigenvalue weighted by Gasteiger charge is 2.32. The van der Waals surface area contributed by atoms with Crippen LogP contribution in [0.4, 0.5) is 11.5 Å². The van der Waals surface area contributed by atoms with E-state index in [1.54, 1.807) is 10.7 Å². The molecule has 1 aromatic carbocycles. The first-order valence-electron chi connectivity index (χ1n) is 13.0. The number of anilines is 2. The summed E-state index contributed by atoms with van der Waals surface area (Å²) in [7, 11) is 0. The Morgan fingerprint density at radius 1 is 1.30 bits per heavy atom. The summed E-state index contributed by atoms with van der Waals surface area (Å²) in [6, 6.07) is 6.40. The molecule has 2 amide bonds. The number of hydrogen-bond acceptors (Lipinski definition) is 7. The Balaban J connectivity index is 1.52. The maximum absolute atomic E-state index is 13.1. The van der Waals surface area contributed by atoms with E-state index >= 15 is 0 Å². The van der Waals surface area contributed by atoms with Crippen LogP contribution in [-0.2, 0) is 11.3 Å². The standard InChI is InChI=1S/C27H35N7O2S/c1-16-20(14-33(15-35)17(2)18-8-9-18)12-19(13-23(16)32-37-3)22-10-11-34-26(30-22)24(25(28)31-34)27(36)29-21-6-4-5-7-21/h10-13,15,17-18,21,32H,4-9,14H2,1-3H3,(H2,28,31)(H,29,36). The van der Waals surface area contributed by atoms with Gasteiger partial charge in [0.25, 0.3) is 5.91 Å². The fourth-order valence-corrected chi connectivity index (χ4v) is 5.71. The average molecular weight is 522 g/mol. The normalized spacial score (nSPS) is 16.6. The van der Waals surface area contributed by atoms with Crippen LogP contribution in [0.2, 0.25) is 0 Å². The maximum Gasteiger partial charge on any atom is 0.259 e. The molecular weight excluding hydrogens is 486 g/mol. The minimum Gasteiger partial charge on any atom is -0.381 e. The predicted octanol–water partition coefficient (Wildman–Crippen LogP) is 4.41. The molecule has 4 N–H and O–H groups in total. The topological polar surface area (TPSA) is 118 Å². The molecule has 10 heteroatoms. The van der Waals surface area contributed by atoms with Crippen molar-refractivity contribution in [2.75, 3.05) is 16.7 Å². The number of carbonyl (C=O) groups is 2. The number of nitrogens with two attached hydrogens (primary N) is 1. The highest BCUT2D eigenvalue weighted by Crippen LogP contribution is 2.36. The minimum atomic E-state index is -0.228. The number of hydrogen-bond donors (Lipinski definition) is 3. The largest absolute Gasteiger partial charge is 0.381 e. The highest BCUT2D eigenvalue weighted by molar-refractivity contribution is 7.99. The first-order valence-corrected chi connectivity index (χ1v) is 14.2. The van der Waals surface area contributed by atoms with Crippen molar-refractivity contribution in [3.63, 3.8) is 0 Å². The number of fused-ring (bicyclic) bond motifs is 1. The van der Waals surface area contributed by atoms with E-state index in [-0.39, 0.29) is 23.8 Å². The predicted molar refractivity (Wildman–Crippen MR) is 148 cm³/mol. The minimum absolute atomic E-state index is 0.170. The lowest BCUT2D eigenvalue weighted by molar-refractivity contribution is -0.120. The Labute approximate surface area is 221 Å². The third-order valence-corrected chi connectivity index (χ3v) is 8.19. The van der Waals surface area contributed by atoms with Gasteiger partial charge in [-0.3, -0.25) is 9.59 Å². The van der Waals surface area contributed by atoms with Crippen LogP contribution < -0.4 is 15.8 Å². The van der Waals surface area contributed by atoms with Crippen molar-refractivity contribution in [2.45, 2.75) is 71.0 Å². The molecule has 3 aromatic rings. The summed E-state index contributed by atoms with van der Waals surface area (Å²) in [5.41, 5.74) is 11.6. The molecule has 9 nitrogen and oxygen atoms in total. The van der Waals surface area contributed by atoms with E-state index in [1.807, 2.05) is 17.2 Å². The maximum atomic E-state index is 13.1. The van der Waals surface area contributed by atoms with Gasteiger partial charge in [0, 0.05) is 42.3 Å². The third-order valence-electron chi connectivity index (χ3n) is 7.77. The quantitative estimate of drug-likeness (QED) is 0.267. The van der Waals surface area contributed by atoms with E-state index in [1.165, 1.54) is 24.8 Å². The van der Waals surface area contributed by atoms with Crippen LogP contribution >= 0.6 is 11.9 Å². The monoisotopic (exact) mass is 521 g/mol. The van der Waals surface area contributed by atoms with E-state index < -0.39 is 0 Å². The van der Waals surface area contributed by atoms with Crippen molar-refractivity contribution < 1.29 is 9.59 Å². The van der Waals surface area contributed by atoms with Crippen LogP contribution in [-0.4, -0.2) is 50.2 Å². The molecule has 0 radical (unpaired) electrons. The lowest BCUT2D eigenvalue weighted by Crippen LogP contribution is -2.33. The van der Waals surface area contributed by atoms with Crippen molar-refractivity contribution in [3.05, 3.63) is 41.1 Å². The van der Waals surface area contributed by atoms with Gasteiger partial charge in [-0.2, -0.15) is 0 Å². The molecule has 5 rings (SSSR count). The second-order valence-corrected chi connectivity index (χ2v) is 10.9. The highest BCUT2D eigenvalue weighted by atomic mass is 32.2. The van der Waals surface area contributed by atoms with Crippen LogP contribution in [0.15, 0.2) is 24.4 Å². The Morgan fingerprint density at radius 3 is 2.73 bits per heavy atom. The summed E-state index contributed by atoms with van der Waals surface area (Å²) in [5.74, 6) is 0.530. The van der Waals surface area contributed by atoms with E-state index in [4.69, 9.17) is 10.7 Å². The van der Waals surface area contributed by atoms with Crippen LogP contribution in [0.1, 0.15) is 66.9 Å². The SMILES string of the molecule is CSNc1cc(-c2ccn3nc(N)c(C(=O)NC4CCCC4)c3n2)cc(CN(C=O)C(C)C2CC2)c1C. The van der Waals surface area contributed by atoms with Crippen LogP contribution in [0.25, 0.3) is 16.9 Å². The summed E-state index contributed by atoms with van der Waals surface area (Å²) < 4.78 is 4.93. The van der Waals surface area contributed by atoms with Crippen molar-refractivity contribution in [1.82, 2.24) is 24.8 Å². The van der Waals surface area contributed by atoms with Gasteiger partial charge in [0.2, 0.25) is 6.41 Å². The molecule has 1 atom stereocenters. The molecular formula is C27H35N7O2S. The first kappa shape index (κ1) is 25.4. The summed E-state index contributed by atoms with van der Waals surface area (Å²) in [6.07, 6.45) is 11.3. The lowest BCUT2D eigenvalue weighted by Gasteiger charge is -2.27. The molecule has 0 saturated heterocycles. The van der Waals surface area contributed by atoms with Gasteiger partial charge in [0.15, 0.2) is 11.5 Å². The summed E-state index contributed by atoms with van der Waals surface area (Å²) in [4.78, 5) is 31.8. The Kier molecular flexibility index (Phi) is 7.28. The smallest absolute Gasteiger partial charge is 0.259 e. The molecule has 196 valence electrons. The van der Waals surface area contributed by atoms with Crippen LogP contribution in [0.5, 0.6) is 0 Å². The molecule has 0 bridgehead atoms. The van der Waals surface area contributed by atoms with E-state index in [0.29, 0.717) is 29.4 Å². The lowest BCUT2D eigenvalue weighted by atomic mass is 9.99. The van der Waals surface area contributed by atoms with Gasteiger partial charge < -0.3 is 20.7 Å². The number of rotatable bonds is 10. The van der Waals surface area contributed by atoms with Crippen molar-refractivity contribution in [3.8, 4) is 11.3 Å². The molecule has 0 spiro atoms. The van der Waals surface area contributed by atoms with Crippen LogP contribution in [0.3, 0.4) is 0 Å². The second-order valence-electron chi connectivity index (χ2n) is 10.3. The van der Waals surface area contributed by atoms with Gasteiger partial charge in [-0.1, -0.05) is 24.8 Å². The van der Waals surface area contributed by atoms with E-state index in [2.05, 4.69) is 41.1 Å². The van der Waals surface area contributed by atoms with Crippen LogP contribution in [0, 0.1) is 12.8 Å². The van der Waals surface area contributed by atoms with Crippen molar-refractivity contribution >= 4 is 41.4 Å². The molecule has 2 saturated carbocycles. The second kappa shape index (κ2) is 10.6. The Bertz CT molecular complexity index is 1310. The molecule has 2 aromatic heterocycles. The molecule has 0 aliphatic heterocycles. The molecule has 1 unspecified atom stereocenters. The number of nitrogens with one attached hydrogen (secondary N) is 2. The van der Waals surface area contributed by atoms with Crippen molar-refractivity contribution in [1.29, 1.82) is 0 Å². The summed E-state index contributed by atoms with van der Waals surface area (Å²) >= 11 is 1.52. The summed E-state index contributed by atoms with van der Waals surface area (Å²) in [5, 5.41) is 7.43. The zero-order valence-electron chi connectivity index (χ0n) is 21.7. The van der Waals surface area contributed by atoms with Gasteiger partial charge in [-0.15, -0.1) is 5.10 Å². The summed E-state index contributed by atoms with van der Waals surface area (Å²) in [6.45, 7) is 4.73. The molecule has 2 heterocycles. The zero-order valence-corrected chi connectivity index (χ0v) is 22.5. The number of amides is 2. The Hall–Kier alpha value is -3.27. The van der Waals surface area contributed by atoms with Gasteiger partial charge in [-0.25, -0.2) is 9.50 Å². The fraction of sp³-hybridized carbons (Fsp3) is 0.481. The van der Waals surface area contributed by atoms with Crippen molar-refractivity contribution in [2.24, 2.45) is 5.92 Å². The molecule has 2 aliphatic rings. The van der Waals surface area contributed by atoms with E-state index in [9.17, 15) is 9.59 Å². The number of nitrogen functional groups attached to an aromatic ring is 1. The third kappa shape index (κ3) is 5.25. The Morgan fingerprint density at radius 2 is 2.05 bits per heavy atom. The van der Waals surface area contributed by atoms with Gasteiger partial charge >= 0.3 is 0 Å². The fourth-order valence-electron chi connectivity index (χ4n) is 5.28.